The van der Waals surface area contributed by atoms with E-state index >= 15 is 0 Å². The minimum absolute atomic E-state index is 0.0206. The predicted octanol–water partition coefficient (Wildman–Crippen LogP) is 2.45. The summed E-state index contributed by atoms with van der Waals surface area (Å²) in [6, 6.07) is 5.18. The van der Waals surface area contributed by atoms with Gasteiger partial charge in [0, 0.05) is 4.90 Å². The van der Waals surface area contributed by atoms with Crippen molar-refractivity contribution >= 4 is 29.6 Å². The number of nitrogens with one attached hydrogen (secondary N) is 2. The molecule has 1 heterocycles. The Morgan fingerprint density at radius 3 is 2.60 bits per heavy atom. The van der Waals surface area contributed by atoms with Crippen LogP contribution in [0.2, 0.25) is 0 Å². The van der Waals surface area contributed by atoms with Gasteiger partial charge in [-0.2, -0.15) is 5.01 Å². The quantitative estimate of drug-likeness (QED) is 0.635. The van der Waals surface area contributed by atoms with E-state index in [0.29, 0.717) is 18.8 Å². The second-order valence-electron chi connectivity index (χ2n) is 6.61. The third-order valence-electron chi connectivity index (χ3n) is 4.71. The van der Waals surface area contributed by atoms with Crippen LogP contribution >= 0.6 is 11.8 Å². The Hall–Kier alpha value is -2.09. The molecule has 1 aliphatic heterocycles. The van der Waals surface area contributed by atoms with Crippen LogP contribution in [-0.4, -0.2) is 34.1 Å². The van der Waals surface area contributed by atoms with Crippen LogP contribution in [0.1, 0.15) is 32.6 Å². The van der Waals surface area contributed by atoms with Crippen molar-refractivity contribution in [3.8, 4) is 0 Å². The van der Waals surface area contributed by atoms with Gasteiger partial charge in [0.1, 0.15) is 11.4 Å². The van der Waals surface area contributed by atoms with E-state index in [4.69, 9.17) is 0 Å². The number of benzene rings is 1. The maximum absolute atomic E-state index is 12.9. The molecule has 8 heteroatoms. The summed E-state index contributed by atoms with van der Waals surface area (Å²) in [5.74, 6) is -0.637. The maximum Gasteiger partial charge on any atom is 0.344 e. The maximum atomic E-state index is 12.9. The summed E-state index contributed by atoms with van der Waals surface area (Å²) in [6.45, 7) is 2.13. The Kier molecular flexibility index (Phi) is 4.99. The van der Waals surface area contributed by atoms with Gasteiger partial charge in [0.15, 0.2) is 0 Å². The lowest BCUT2D eigenvalue weighted by Gasteiger charge is -2.33. The highest BCUT2D eigenvalue weighted by Crippen LogP contribution is 2.35. The first-order valence-electron chi connectivity index (χ1n) is 8.24. The molecule has 1 saturated carbocycles. The first-order chi connectivity index (χ1) is 11.9. The molecule has 1 aromatic carbocycles. The zero-order valence-corrected chi connectivity index (χ0v) is 14.7. The van der Waals surface area contributed by atoms with Crippen LogP contribution in [0.25, 0.3) is 0 Å². The molecule has 4 amide bonds. The number of carbonyl (C=O) groups excluding carboxylic acids is 3. The van der Waals surface area contributed by atoms with Crippen molar-refractivity contribution < 1.29 is 18.8 Å². The molecule has 134 valence electrons. The summed E-state index contributed by atoms with van der Waals surface area (Å²) < 4.78 is 12.9. The van der Waals surface area contributed by atoms with Crippen LogP contribution in [0.3, 0.4) is 0 Å². The minimum atomic E-state index is -0.874. The molecule has 2 aliphatic rings. The van der Waals surface area contributed by atoms with Gasteiger partial charge in [-0.15, -0.1) is 11.8 Å². The molecule has 0 bridgehead atoms. The Labute approximate surface area is 149 Å². The van der Waals surface area contributed by atoms with Crippen molar-refractivity contribution in [2.24, 2.45) is 5.92 Å². The number of amides is 4. The fourth-order valence-electron chi connectivity index (χ4n) is 3.15. The third-order valence-corrected chi connectivity index (χ3v) is 5.72. The van der Waals surface area contributed by atoms with Gasteiger partial charge in [0.2, 0.25) is 5.91 Å². The number of carbonyl (C=O) groups is 3. The lowest BCUT2D eigenvalue weighted by molar-refractivity contribution is -0.139. The largest absolute Gasteiger partial charge is 0.344 e. The summed E-state index contributed by atoms with van der Waals surface area (Å²) >= 11 is 1.20. The molecule has 1 saturated heterocycles. The first kappa shape index (κ1) is 17.7. The molecule has 6 nitrogen and oxygen atoms in total. The number of hydrogen-bond acceptors (Lipinski definition) is 4. The minimum Gasteiger partial charge on any atom is -0.322 e. The summed E-state index contributed by atoms with van der Waals surface area (Å²) in [5.41, 5.74) is 1.51. The molecule has 1 aromatic rings. The Morgan fingerprint density at radius 1 is 1.32 bits per heavy atom. The molecule has 3 rings (SSSR count). The molecule has 0 radical (unpaired) electrons. The van der Waals surface area contributed by atoms with Gasteiger partial charge in [0.25, 0.3) is 5.91 Å². The average Bonchev–Trinajstić information content (AvgIpc) is 2.82. The summed E-state index contributed by atoms with van der Waals surface area (Å²) in [7, 11) is 0. The van der Waals surface area contributed by atoms with Gasteiger partial charge in [-0.05, 0) is 55.9 Å². The number of halogens is 1. The van der Waals surface area contributed by atoms with Crippen LogP contribution in [0.5, 0.6) is 0 Å². The monoisotopic (exact) mass is 365 g/mol. The van der Waals surface area contributed by atoms with Crippen molar-refractivity contribution in [2.75, 3.05) is 5.75 Å². The zero-order chi connectivity index (χ0) is 18.0. The molecule has 25 heavy (non-hydrogen) atoms. The molecular weight excluding hydrogens is 345 g/mol. The van der Waals surface area contributed by atoms with E-state index < -0.39 is 17.5 Å². The lowest BCUT2D eigenvalue weighted by atomic mass is 9.77. The molecule has 2 fully saturated rings. The van der Waals surface area contributed by atoms with E-state index in [9.17, 15) is 18.8 Å². The highest BCUT2D eigenvalue weighted by molar-refractivity contribution is 8.00. The van der Waals surface area contributed by atoms with E-state index in [1.54, 1.807) is 12.1 Å². The van der Waals surface area contributed by atoms with Crippen molar-refractivity contribution in [2.45, 2.75) is 43.0 Å². The number of urea groups is 1. The number of thioether (sulfide) groups is 1. The number of rotatable bonds is 4. The SMILES string of the molecule is CC1CCC2(CC1)NC(=O)N(NC(=O)CSc1ccc(F)cc1)C2=O. The summed E-state index contributed by atoms with van der Waals surface area (Å²) in [5, 5.41) is 3.54. The topological polar surface area (TPSA) is 78.5 Å². The Morgan fingerprint density at radius 2 is 1.96 bits per heavy atom. The number of hydrazine groups is 1. The van der Waals surface area contributed by atoms with Gasteiger partial charge in [-0.25, -0.2) is 9.18 Å². The average molecular weight is 365 g/mol. The third kappa shape index (κ3) is 3.78. The number of nitrogens with zero attached hydrogens (tertiary/aromatic N) is 1. The van der Waals surface area contributed by atoms with Crippen LogP contribution in [0.4, 0.5) is 9.18 Å². The fraction of sp³-hybridized carbons (Fsp3) is 0.471. The van der Waals surface area contributed by atoms with Gasteiger partial charge in [0.05, 0.1) is 5.75 Å². The van der Waals surface area contributed by atoms with E-state index in [0.717, 1.165) is 22.7 Å². The molecule has 0 aromatic heterocycles. The second kappa shape index (κ2) is 7.03. The standard InChI is InChI=1S/C17H20FN3O3S/c1-11-6-8-17(9-7-11)15(23)21(16(24)19-17)20-14(22)10-25-13-4-2-12(18)3-5-13/h2-5,11H,6-10H2,1H3,(H,19,24)(H,20,22). The van der Waals surface area contributed by atoms with Crippen LogP contribution < -0.4 is 10.7 Å². The summed E-state index contributed by atoms with van der Waals surface area (Å²) in [4.78, 5) is 37.5. The molecule has 0 unspecified atom stereocenters. The van der Waals surface area contributed by atoms with E-state index in [1.165, 1.54) is 23.9 Å². The zero-order valence-electron chi connectivity index (χ0n) is 13.9. The second-order valence-corrected chi connectivity index (χ2v) is 7.66. The smallest absolute Gasteiger partial charge is 0.322 e. The molecular formula is C17H20FN3O3S. The number of imide groups is 1. The normalized spacial score (nSPS) is 26.0. The van der Waals surface area contributed by atoms with Gasteiger partial charge >= 0.3 is 6.03 Å². The van der Waals surface area contributed by atoms with Gasteiger partial charge in [-0.1, -0.05) is 6.92 Å². The molecule has 1 aliphatic carbocycles. The van der Waals surface area contributed by atoms with Crippen molar-refractivity contribution in [1.82, 2.24) is 15.8 Å². The predicted molar refractivity (Wildman–Crippen MR) is 91.0 cm³/mol. The van der Waals surface area contributed by atoms with Gasteiger partial charge < -0.3 is 5.32 Å². The molecule has 0 atom stereocenters. The van der Waals surface area contributed by atoms with Crippen LogP contribution in [-0.2, 0) is 9.59 Å². The lowest BCUT2D eigenvalue weighted by Crippen LogP contribution is -2.51. The van der Waals surface area contributed by atoms with E-state index in [1.807, 2.05) is 0 Å². The first-order valence-corrected chi connectivity index (χ1v) is 9.23. The highest BCUT2D eigenvalue weighted by Gasteiger charge is 2.52. The van der Waals surface area contributed by atoms with Crippen LogP contribution in [0.15, 0.2) is 29.2 Å². The highest BCUT2D eigenvalue weighted by atomic mass is 32.2. The van der Waals surface area contributed by atoms with Gasteiger partial charge in [-0.3, -0.25) is 15.0 Å². The molecule has 2 N–H and O–H groups in total. The van der Waals surface area contributed by atoms with E-state index in [-0.39, 0.29) is 17.5 Å². The van der Waals surface area contributed by atoms with Crippen molar-refractivity contribution in [1.29, 1.82) is 0 Å². The van der Waals surface area contributed by atoms with Crippen molar-refractivity contribution in [3.63, 3.8) is 0 Å². The van der Waals surface area contributed by atoms with Crippen LogP contribution in [0, 0.1) is 11.7 Å². The summed E-state index contributed by atoms with van der Waals surface area (Å²) in [6.07, 6.45) is 2.92. The fourth-order valence-corrected chi connectivity index (χ4v) is 3.84. The number of hydrogen-bond donors (Lipinski definition) is 2. The Bertz CT molecular complexity index is 687. The van der Waals surface area contributed by atoms with Crippen molar-refractivity contribution in [3.05, 3.63) is 30.1 Å². The molecule has 1 spiro atoms. The van der Waals surface area contributed by atoms with E-state index in [2.05, 4.69) is 17.7 Å². The Balaban J connectivity index is 1.56.